The topological polar surface area (TPSA) is 47.0 Å². The molecular weight excluding hydrogens is 562 g/mol. The molecule has 0 saturated carbocycles. The van der Waals surface area contributed by atoms with Crippen LogP contribution in [0.15, 0.2) is 103 Å². The Morgan fingerprint density at radius 3 is 1.39 bits per heavy atom. The molecule has 0 bridgehead atoms. The van der Waals surface area contributed by atoms with Gasteiger partial charge >= 0.3 is 0 Å². The van der Waals surface area contributed by atoms with Crippen LogP contribution in [-0.2, 0) is 10.8 Å². The van der Waals surface area contributed by atoms with Gasteiger partial charge < -0.3 is 0 Å². The highest BCUT2D eigenvalue weighted by molar-refractivity contribution is 6.20. The highest BCUT2D eigenvalue weighted by Gasteiger charge is 2.23. The second-order valence-electron chi connectivity index (χ2n) is 14.6. The molecule has 6 aromatic rings. The van der Waals surface area contributed by atoms with Crippen LogP contribution >= 0.6 is 0 Å². The molecule has 46 heavy (non-hydrogen) atoms. The lowest BCUT2D eigenvalue weighted by atomic mass is 9.84. The Kier molecular flexibility index (Phi) is 7.76. The van der Waals surface area contributed by atoms with Gasteiger partial charge in [-0.2, -0.15) is 0 Å². The average molecular weight is 604 g/mol. The zero-order valence-electron chi connectivity index (χ0n) is 28.1. The first-order valence-corrected chi connectivity index (χ1v) is 16.0. The molecule has 0 aliphatic carbocycles. The Bertz CT molecular complexity index is 2080. The van der Waals surface area contributed by atoms with Crippen LogP contribution in [-0.4, -0.2) is 16.6 Å². The fraction of sp³-hybridized carbons (Fsp3) is 0.233. The van der Waals surface area contributed by atoms with Crippen molar-refractivity contribution in [2.75, 3.05) is 0 Å². The van der Waals surface area contributed by atoms with E-state index in [2.05, 4.69) is 79.7 Å². The molecule has 0 saturated heterocycles. The van der Waals surface area contributed by atoms with Crippen molar-refractivity contribution in [2.45, 2.75) is 66.2 Å². The molecule has 230 valence electrons. The fourth-order valence-corrected chi connectivity index (χ4v) is 6.12. The number of aromatic nitrogens is 1. The first-order chi connectivity index (χ1) is 21.7. The summed E-state index contributed by atoms with van der Waals surface area (Å²) in [7, 11) is 0. The summed E-state index contributed by atoms with van der Waals surface area (Å²) in [5.41, 5.74) is 10.2. The molecule has 1 heterocycles. The predicted octanol–water partition coefficient (Wildman–Crippen LogP) is 10.7. The van der Waals surface area contributed by atoms with Gasteiger partial charge in [0.2, 0.25) is 0 Å². The summed E-state index contributed by atoms with van der Waals surface area (Å²) in [4.78, 5) is 33.4. The quantitative estimate of drug-likeness (QED) is 0.145. The number of nitrogens with zero attached hydrogens (tertiary/aromatic N) is 1. The molecule has 0 amide bonds. The molecule has 1 aromatic heterocycles. The van der Waals surface area contributed by atoms with Crippen molar-refractivity contribution in [3.63, 3.8) is 0 Å². The number of carbonyl (C=O) groups excluding carboxylic acids is 2. The number of hydrogen-bond acceptors (Lipinski definition) is 3. The minimum absolute atomic E-state index is 0.0123. The van der Waals surface area contributed by atoms with Crippen molar-refractivity contribution in [1.29, 1.82) is 0 Å². The van der Waals surface area contributed by atoms with E-state index in [4.69, 9.17) is 4.98 Å². The lowest BCUT2D eigenvalue weighted by Crippen LogP contribution is -2.12. The summed E-state index contributed by atoms with van der Waals surface area (Å²) in [6.07, 6.45) is 0. The molecule has 6 rings (SSSR count). The molecule has 0 atom stereocenters. The summed E-state index contributed by atoms with van der Waals surface area (Å²) in [5, 5.41) is 1.91. The highest BCUT2D eigenvalue weighted by Crippen LogP contribution is 2.39. The van der Waals surface area contributed by atoms with Gasteiger partial charge in [0.25, 0.3) is 0 Å². The van der Waals surface area contributed by atoms with E-state index in [0.717, 1.165) is 44.1 Å². The van der Waals surface area contributed by atoms with Crippen molar-refractivity contribution in [1.82, 2.24) is 4.98 Å². The summed E-state index contributed by atoms with van der Waals surface area (Å²) in [6.45, 7) is 17.1. The number of benzene rings is 5. The van der Waals surface area contributed by atoms with Gasteiger partial charge in [-0.1, -0.05) is 119 Å². The summed E-state index contributed by atoms with van der Waals surface area (Å²) in [6, 6.07) is 33.8. The number of fused-ring (bicyclic) bond motifs is 2. The average Bonchev–Trinajstić information content (AvgIpc) is 3.02. The summed E-state index contributed by atoms with van der Waals surface area (Å²) >= 11 is 0. The van der Waals surface area contributed by atoms with Gasteiger partial charge in [0.1, 0.15) is 0 Å². The van der Waals surface area contributed by atoms with Crippen LogP contribution in [0.4, 0.5) is 0 Å². The van der Waals surface area contributed by atoms with Crippen molar-refractivity contribution < 1.29 is 9.59 Å². The van der Waals surface area contributed by atoms with Crippen LogP contribution in [0, 0.1) is 13.8 Å². The maximum absolute atomic E-state index is 14.4. The van der Waals surface area contributed by atoms with Crippen molar-refractivity contribution in [3.8, 4) is 11.1 Å². The van der Waals surface area contributed by atoms with E-state index in [0.29, 0.717) is 22.3 Å². The Morgan fingerprint density at radius 2 is 0.935 bits per heavy atom. The van der Waals surface area contributed by atoms with Crippen LogP contribution in [0.1, 0.15) is 95.6 Å². The highest BCUT2D eigenvalue weighted by atomic mass is 16.1. The van der Waals surface area contributed by atoms with Crippen molar-refractivity contribution in [3.05, 3.63) is 148 Å². The number of hydrogen-bond donors (Lipinski definition) is 0. The van der Waals surface area contributed by atoms with E-state index in [9.17, 15) is 9.59 Å². The largest absolute Gasteiger partial charge is 0.289 e. The number of ketones is 2. The SMILES string of the molecule is Cc1ccc2nc3ccc(C)cc3c(-c3cc(C(=O)c4ccc(C(C)(C)C)cc4)ccc3C(=O)c3ccc(C(C)(C)C)cc3)c2c1. The van der Waals surface area contributed by atoms with Gasteiger partial charge in [-0.05, 0) is 77.8 Å². The zero-order chi connectivity index (χ0) is 33.0. The summed E-state index contributed by atoms with van der Waals surface area (Å²) in [5.74, 6) is -0.160. The molecule has 3 heteroatoms. The van der Waals surface area contributed by atoms with E-state index in [1.54, 1.807) is 6.07 Å². The van der Waals surface area contributed by atoms with Gasteiger partial charge in [0.15, 0.2) is 11.6 Å². The lowest BCUT2D eigenvalue weighted by Gasteiger charge is -2.20. The van der Waals surface area contributed by atoms with E-state index < -0.39 is 0 Å². The number of rotatable bonds is 5. The number of carbonyl (C=O) groups is 2. The minimum atomic E-state index is -0.0811. The second kappa shape index (κ2) is 11.5. The third-order valence-corrected chi connectivity index (χ3v) is 8.91. The molecule has 0 aliphatic rings. The number of pyridine rings is 1. The molecule has 5 aromatic carbocycles. The van der Waals surface area contributed by atoms with Gasteiger partial charge in [0, 0.05) is 38.6 Å². The first kappa shape index (κ1) is 31.1. The Balaban J connectivity index is 1.60. The minimum Gasteiger partial charge on any atom is -0.289 e. The normalized spacial score (nSPS) is 12.1. The van der Waals surface area contributed by atoms with Crippen molar-refractivity contribution in [2.24, 2.45) is 0 Å². The molecule has 0 N–H and O–H groups in total. The molecule has 0 unspecified atom stereocenters. The molecule has 0 spiro atoms. The first-order valence-electron chi connectivity index (χ1n) is 16.0. The smallest absolute Gasteiger partial charge is 0.193 e. The van der Waals surface area contributed by atoms with Gasteiger partial charge in [-0.3, -0.25) is 9.59 Å². The predicted molar refractivity (Wildman–Crippen MR) is 191 cm³/mol. The molecule has 3 nitrogen and oxygen atoms in total. The Labute approximate surface area is 272 Å². The molecular formula is C43H41NO2. The van der Waals surface area contributed by atoms with Crippen molar-refractivity contribution >= 4 is 33.4 Å². The van der Waals surface area contributed by atoms with Crippen LogP contribution in [0.2, 0.25) is 0 Å². The zero-order valence-corrected chi connectivity index (χ0v) is 28.1. The second-order valence-corrected chi connectivity index (χ2v) is 14.6. The van der Waals surface area contributed by atoms with Crippen LogP contribution < -0.4 is 0 Å². The third-order valence-electron chi connectivity index (χ3n) is 8.91. The van der Waals surface area contributed by atoms with E-state index in [-0.39, 0.29) is 22.4 Å². The molecule has 0 radical (unpaired) electrons. The van der Waals surface area contributed by atoms with Crippen LogP contribution in [0.3, 0.4) is 0 Å². The van der Waals surface area contributed by atoms with Gasteiger partial charge in [0.05, 0.1) is 11.0 Å². The molecule has 0 aliphatic heterocycles. The molecule has 0 fully saturated rings. The van der Waals surface area contributed by atoms with E-state index in [1.165, 1.54) is 11.1 Å². The third kappa shape index (κ3) is 5.90. The Hall–Kier alpha value is -4.89. The standard InChI is InChI=1S/C43H41NO2/c1-26-9-21-37-35(23-26)39(36-24-27(2)10-22-38(36)44-37)34-25-30(40(45)28-11-16-31(17-12-28)42(3,4)5)15-20-33(34)41(46)29-13-18-32(19-14-29)43(6,7)8/h9-25H,1-8H3. The lowest BCUT2D eigenvalue weighted by molar-refractivity contribution is 0.102. The maximum atomic E-state index is 14.4. The number of aryl methyl sites for hydroxylation is 2. The fourth-order valence-electron chi connectivity index (χ4n) is 6.12. The Morgan fingerprint density at radius 1 is 0.500 bits per heavy atom. The van der Waals surface area contributed by atoms with Gasteiger partial charge in [-0.15, -0.1) is 0 Å². The van der Waals surface area contributed by atoms with Crippen LogP contribution in [0.25, 0.3) is 32.9 Å². The van der Waals surface area contributed by atoms with Gasteiger partial charge in [-0.25, -0.2) is 4.98 Å². The maximum Gasteiger partial charge on any atom is 0.193 e. The monoisotopic (exact) mass is 603 g/mol. The van der Waals surface area contributed by atoms with E-state index in [1.807, 2.05) is 72.8 Å². The summed E-state index contributed by atoms with van der Waals surface area (Å²) < 4.78 is 0. The van der Waals surface area contributed by atoms with Crippen LogP contribution in [0.5, 0.6) is 0 Å². The van der Waals surface area contributed by atoms with E-state index >= 15 is 0 Å².